The van der Waals surface area contributed by atoms with E-state index in [2.05, 4.69) is 35.7 Å². The largest absolute Gasteiger partial charge is 0.459 e. The number of anilines is 1. The predicted octanol–water partition coefficient (Wildman–Crippen LogP) is 3.30. The van der Waals surface area contributed by atoms with E-state index in [0.717, 1.165) is 18.0 Å². The zero-order chi connectivity index (χ0) is 11.7. The fourth-order valence-electron chi connectivity index (χ4n) is 2.03. The van der Waals surface area contributed by atoms with E-state index >= 15 is 0 Å². The molecule has 0 amide bonds. The SMILES string of the molecule is SC1Oc2ccccc2N1Cc1ccccc1. The summed E-state index contributed by atoms with van der Waals surface area (Å²) >= 11 is 4.47. The first-order valence-corrected chi connectivity index (χ1v) is 6.10. The minimum absolute atomic E-state index is 0.201. The molecular weight excluding hydrogens is 230 g/mol. The van der Waals surface area contributed by atoms with Gasteiger partial charge in [-0.25, -0.2) is 0 Å². The van der Waals surface area contributed by atoms with Gasteiger partial charge in [0.15, 0.2) is 0 Å². The minimum Gasteiger partial charge on any atom is -0.459 e. The molecule has 0 saturated heterocycles. The fraction of sp³-hybridized carbons (Fsp3) is 0.143. The molecule has 1 unspecified atom stereocenters. The highest BCUT2D eigenvalue weighted by molar-refractivity contribution is 7.80. The lowest BCUT2D eigenvalue weighted by Crippen LogP contribution is -2.29. The van der Waals surface area contributed by atoms with Crippen molar-refractivity contribution in [2.45, 2.75) is 12.1 Å². The van der Waals surface area contributed by atoms with Crippen molar-refractivity contribution in [1.29, 1.82) is 0 Å². The lowest BCUT2D eigenvalue weighted by atomic mass is 10.2. The van der Waals surface area contributed by atoms with Gasteiger partial charge in [-0.1, -0.05) is 42.5 Å². The average Bonchev–Trinajstić information content (AvgIpc) is 2.68. The maximum atomic E-state index is 5.68. The van der Waals surface area contributed by atoms with Crippen LogP contribution in [0.15, 0.2) is 54.6 Å². The smallest absolute Gasteiger partial charge is 0.218 e. The Morgan fingerprint density at radius 1 is 1.00 bits per heavy atom. The van der Waals surface area contributed by atoms with E-state index in [0.29, 0.717) is 0 Å². The Morgan fingerprint density at radius 3 is 2.53 bits per heavy atom. The van der Waals surface area contributed by atoms with Gasteiger partial charge >= 0.3 is 0 Å². The van der Waals surface area contributed by atoms with Crippen LogP contribution in [-0.2, 0) is 6.54 Å². The molecule has 86 valence electrons. The number of benzene rings is 2. The lowest BCUT2D eigenvalue weighted by Gasteiger charge is -2.21. The van der Waals surface area contributed by atoms with Crippen molar-refractivity contribution >= 4 is 18.3 Å². The molecular formula is C14H13NOS. The van der Waals surface area contributed by atoms with Gasteiger partial charge in [-0.05, 0) is 17.7 Å². The molecule has 17 heavy (non-hydrogen) atoms. The Morgan fingerprint density at radius 2 is 1.71 bits per heavy atom. The third kappa shape index (κ3) is 1.98. The summed E-state index contributed by atoms with van der Waals surface area (Å²) in [6.07, 6.45) is 0. The minimum atomic E-state index is -0.201. The molecule has 0 aromatic heterocycles. The number of hydrogen-bond donors (Lipinski definition) is 1. The maximum absolute atomic E-state index is 5.68. The summed E-state index contributed by atoms with van der Waals surface area (Å²) in [5.41, 5.74) is 2.16. The number of nitrogens with zero attached hydrogens (tertiary/aromatic N) is 1. The van der Waals surface area contributed by atoms with Gasteiger partial charge in [-0.3, -0.25) is 0 Å². The normalized spacial score (nSPS) is 17.7. The van der Waals surface area contributed by atoms with Crippen LogP contribution in [0.4, 0.5) is 5.69 Å². The third-order valence-corrected chi connectivity index (χ3v) is 3.25. The molecule has 1 heterocycles. The summed E-state index contributed by atoms with van der Waals surface area (Å²) in [6.45, 7) is 0.812. The van der Waals surface area contributed by atoms with Crippen LogP contribution < -0.4 is 9.64 Å². The van der Waals surface area contributed by atoms with Crippen LogP contribution in [0.3, 0.4) is 0 Å². The lowest BCUT2D eigenvalue weighted by molar-refractivity contribution is 0.314. The summed E-state index contributed by atoms with van der Waals surface area (Å²) in [7, 11) is 0. The Hall–Kier alpha value is -1.61. The molecule has 0 aliphatic carbocycles. The molecule has 2 aromatic rings. The molecule has 3 heteroatoms. The molecule has 2 aromatic carbocycles. The highest BCUT2D eigenvalue weighted by Gasteiger charge is 2.27. The van der Waals surface area contributed by atoms with Crippen molar-refractivity contribution in [1.82, 2.24) is 0 Å². The Kier molecular flexibility index (Phi) is 2.69. The van der Waals surface area contributed by atoms with Crippen molar-refractivity contribution in [2.24, 2.45) is 0 Å². The van der Waals surface area contributed by atoms with E-state index in [1.54, 1.807) is 0 Å². The first-order valence-electron chi connectivity index (χ1n) is 5.59. The summed E-state index contributed by atoms with van der Waals surface area (Å²) in [6, 6.07) is 18.4. The van der Waals surface area contributed by atoms with Crippen molar-refractivity contribution in [2.75, 3.05) is 4.90 Å². The van der Waals surface area contributed by atoms with Crippen LogP contribution in [0.5, 0.6) is 5.75 Å². The van der Waals surface area contributed by atoms with Gasteiger partial charge in [0, 0.05) is 6.54 Å². The van der Waals surface area contributed by atoms with E-state index in [-0.39, 0.29) is 5.56 Å². The fourth-order valence-corrected chi connectivity index (χ4v) is 2.35. The van der Waals surface area contributed by atoms with Gasteiger partial charge in [0.25, 0.3) is 0 Å². The molecule has 0 saturated carbocycles. The van der Waals surface area contributed by atoms with Crippen LogP contribution in [0.2, 0.25) is 0 Å². The monoisotopic (exact) mass is 243 g/mol. The second-order valence-corrected chi connectivity index (χ2v) is 4.47. The molecule has 0 bridgehead atoms. The molecule has 1 aliphatic rings. The van der Waals surface area contributed by atoms with Gasteiger partial charge < -0.3 is 9.64 Å². The molecule has 2 nitrogen and oxygen atoms in total. The van der Waals surface area contributed by atoms with E-state index in [4.69, 9.17) is 4.74 Å². The number of hydrogen-bond acceptors (Lipinski definition) is 3. The second kappa shape index (κ2) is 4.34. The number of para-hydroxylation sites is 2. The number of thiol groups is 1. The van der Waals surface area contributed by atoms with Gasteiger partial charge in [-0.15, -0.1) is 12.6 Å². The van der Waals surface area contributed by atoms with E-state index in [1.807, 2.05) is 36.4 Å². The average molecular weight is 243 g/mol. The van der Waals surface area contributed by atoms with Crippen LogP contribution in [0.25, 0.3) is 0 Å². The summed E-state index contributed by atoms with van der Waals surface area (Å²) < 4.78 is 5.68. The number of ether oxygens (including phenoxy) is 1. The van der Waals surface area contributed by atoms with Gasteiger partial charge in [0.2, 0.25) is 5.56 Å². The third-order valence-electron chi connectivity index (χ3n) is 2.87. The van der Waals surface area contributed by atoms with Crippen LogP contribution in [0, 0.1) is 0 Å². The Bertz CT molecular complexity index is 515. The Labute approximate surface area is 106 Å². The summed E-state index contributed by atoms with van der Waals surface area (Å²) in [5.74, 6) is 0.906. The molecule has 0 spiro atoms. The van der Waals surface area contributed by atoms with E-state index in [1.165, 1.54) is 5.56 Å². The Balaban J connectivity index is 1.89. The predicted molar refractivity (Wildman–Crippen MR) is 72.5 cm³/mol. The topological polar surface area (TPSA) is 12.5 Å². The van der Waals surface area contributed by atoms with Crippen molar-refractivity contribution in [3.8, 4) is 5.75 Å². The van der Waals surface area contributed by atoms with Gasteiger partial charge in [-0.2, -0.15) is 0 Å². The summed E-state index contributed by atoms with van der Waals surface area (Å²) in [5, 5.41) is 0. The number of rotatable bonds is 2. The van der Waals surface area contributed by atoms with Crippen molar-refractivity contribution in [3.63, 3.8) is 0 Å². The zero-order valence-corrected chi connectivity index (χ0v) is 10.2. The summed E-state index contributed by atoms with van der Waals surface area (Å²) in [4.78, 5) is 2.15. The molecule has 3 rings (SSSR count). The first-order chi connectivity index (χ1) is 8.34. The van der Waals surface area contributed by atoms with E-state index < -0.39 is 0 Å². The quantitative estimate of drug-likeness (QED) is 0.812. The standard InChI is InChI=1S/C14H13NOS/c17-14-15(10-11-6-2-1-3-7-11)12-8-4-5-9-13(12)16-14/h1-9,14,17H,10H2. The number of fused-ring (bicyclic) bond motifs is 1. The highest BCUT2D eigenvalue weighted by atomic mass is 32.1. The van der Waals surface area contributed by atoms with Crippen LogP contribution in [-0.4, -0.2) is 5.56 Å². The molecule has 1 atom stereocenters. The van der Waals surface area contributed by atoms with Gasteiger partial charge in [0.05, 0.1) is 5.69 Å². The van der Waals surface area contributed by atoms with Crippen molar-refractivity contribution < 1.29 is 4.74 Å². The zero-order valence-electron chi connectivity index (χ0n) is 9.28. The maximum Gasteiger partial charge on any atom is 0.218 e. The second-order valence-electron chi connectivity index (χ2n) is 4.03. The first kappa shape index (κ1) is 10.5. The van der Waals surface area contributed by atoms with Crippen LogP contribution in [0.1, 0.15) is 5.56 Å². The van der Waals surface area contributed by atoms with Gasteiger partial charge in [0.1, 0.15) is 5.75 Å². The van der Waals surface area contributed by atoms with Crippen molar-refractivity contribution in [3.05, 3.63) is 60.2 Å². The molecule has 0 fully saturated rings. The van der Waals surface area contributed by atoms with Crippen LogP contribution >= 0.6 is 12.6 Å². The highest BCUT2D eigenvalue weighted by Crippen LogP contribution is 2.38. The molecule has 0 N–H and O–H groups in total. The molecule has 1 aliphatic heterocycles. The molecule has 0 radical (unpaired) electrons. The van der Waals surface area contributed by atoms with E-state index in [9.17, 15) is 0 Å².